The van der Waals surface area contributed by atoms with Crippen molar-refractivity contribution in [2.75, 3.05) is 0 Å². The first-order valence-corrected chi connectivity index (χ1v) is 5.71. The van der Waals surface area contributed by atoms with Crippen molar-refractivity contribution in [3.8, 4) is 0 Å². The quantitative estimate of drug-likeness (QED) is 0.876. The molecule has 0 aliphatic rings. The highest BCUT2D eigenvalue weighted by atomic mass is 35.5. The molecule has 0 spiro atoms. The fraction of sp³-hybridized carbons (Fsp3) is 0.200. The van der Waals surface area contributed by atoms with Crippen LogP contribution in [0.25, 0.3) is 0 Å². The van der Waals surface area contributed by atoms with Gasteiger partial charge in [-0.3, -0.25) is 9.97 Å². The van der Waals surface area contributed by atoms with Crippen LogP contribution in [-0.4, -0.2) is 9.97 Å². The molecular weight excluding hydrogens is 230 g/mol. The molecule has 2 aromatic heterocycles. The van der Waals surface area contributed by atoms with Crippen LogP contribution in [0.15, 0.2) is 24.0 Å². The molecule has 2 heterocycles. The van der Waals surface area contributed by atoms with Crippen molar-refractivity contribution in [3.05, 3.63) is 45.1 Å². The topological polar surface area (TPSA) is 51.8 Å². The van der Waals surface area contributed by atoms with E-state index in [4.69, 9.17) is 17.3 Å². The molecule has 0 radical (unpaired) electrons. The van der Waals surface area contributed by atoms with Crippen LogP contribution in [0.4, 0.5) is 0 Å². The molecule has 15 heavy (non-hydrogen) atoms. The highest BCUT2D eigenvalue weighted by molar-refractivity contribution is 7.10. The van der Waals surface area contributed by atoms with Crippen LogP contribution in [-0.2, 0) is 0 Å². The maximum atomic E-state index is 6.14. The predicted molar refractivity (Wildman–Crippen MR) is 62.1 cm³/mol. The third-order valence-corrected chi connectivity index (χ3v) is 3.91. The first-order valence-electron chi connectivity index (χ1n) is 4.45. The van der Waals surface area contributed by atoms with Crippen LogP contribution in [0, 0.1) is 6.92 Å². The first kappa shape index (κ1) is 10.5. The molecule has 1 unspecified atom stereocenters. The fourth-order valence-corrected chi connectivity index (χ4v) is 2.59. The van der Waals surface area contributed by atoms with Crippen molar-refractivity contribution in [1.82, 2.24) is 9.97 Å². The number of halogens is 1. The Morgan fingerprint density at radius 1 is 1.47 bits per heavy atom. The van der Waals surface area contributed by atoms with Gasteiger partial charge < -0.3 is 5.73 Å². The molecule has 0 saturated carbocycles. The van der Waals surface area contributed by atoms with Crippen LogP contribution in [0.5, 0.6) is 0 Å². The van der Waals surface area contributed by atoms with E-state index in [1.165, 1.54) is 0 Å². The Hall–Kier alpha value is -0.970. The van der Waals surface area contributed by atoms with E-state index in [0.717, 1.165) is 21.2 Å². The lowest BCUT2D eigenvalue weighted by atomic mass is 10.2. The van der Waals surface area contributed by atoms with Gasteiger partial charge in [-0.05, 0) is 17.9 Å². The summed E-state index contributed by atoms with van der Waals surface area (Å²) in [6.07, 6.45) is 4.91. The maximum Gasteiger partial charge on any atom is 0.0850 e. The van der Waals surface area contributed by atoms with Crippen molar-refractivity contribution >= 4 is 22.9 Å². The number of hydrogen-bond acceptors (Lipinski definition) is 4. The second kappa shape index (κ2) is 4.26. The summed E-state index contributed by atoms with van der Waals surface area (Å²) in [6.45, 7) is 1.96. The summed E-state index contributed by atoms with van der Waals surface area (Å²) in [7, 11) is 0. The lowest BCUT2D eigenvalue weighted by molar-refractivity contribution is 0.834. The predicted octanol–water partition coefficient (Wildman–Crippen LogP) is 2.55. The Morgan fingerprint density at radius 2 is 2.27 bits per heavy atom. The van der Waals surface area contributed by atoms with Gasteiger partial charge in [0.05, 0.1) is 23.0 Å². The zero-order valence-electron chi connectivity index (χ0n) is 8.14. The van der Waals surface area contributed by atoms with E-state index in [2.05, 4.69) is 9.97 Å². The molecule has 0 fully saturated rings. The first-order chi connectivity index (χ1) is 7.20. The van der Waals surface area contributed by atoms with E-state index in [1.54, 1.807) is 29.9 Å². The van der Waals surface area contributed by atoms with Gasteiger partial charge in [0.15, 0.2) is 0 Å². The summed E-state index contributed by atoms with van der Waals surface area (Å²) in [5.74, 6) is 0. The number of rotatable bonds is 2. The molecule has 2 rings (SSSR count). The van der Waals surface area contributed by atoms with Gasteiger partial charge in [0.2, 0.25) is 0 Å². The lowest BCUT2D eigenvalue weighted by Gasteiger charge is -2.08. The third kappa shape index (κ3) is 2.02. The molecule has 1 atom stereocenters. The van der Waals surface area contributed by atoms with Gasteiger partial charge in [-0.15, -0.1) is 11.3 Å². The molecule has 0 aromatic carbocycles. The summed E-state index contributed by atoms with van der Waals surface area (Å²) < 4.78 is 0. The van der Waals surface area contributed by atoms with Crippen LogP contribution < -0.4 is 5.73 Å². The minimum atomic E-state index is -0.287. The molecule has 5 heteroatoms. The van der Waals surface area contributed by atoms with E-state index >= 15 is 0 Å². The molecule has 2 aromatic rings. The number of nitrogens with two attached hydrogens (primary N) is 1. The van der Waals surface area contributed by atoms with Gasteiger partial charge >= 0.3 is 0 Å². The number of nitrogens with zero attached hydrogens (tertiary/aromatic N) is 2. The van der Waals surface area contributed by atoms with E-state index < -0.39 is 0 Å². The minimum absolute atomic E-state index is 0.287. The minimum Gasteiger partial charge on any atom is -0.318 e. The third-order valence-electron chi connectivity index (χ3n) is 2.11. The van der Waals surface area contributed by atoms with Gasteiger partial charge in [0, 0.05) is 17.3 Å². The highest BCUT2D eigenvalue weighted by Crippen LogP contribution is 2.33. The highest BCUT2D eigenvalue weighted by Gasteiger charge is 2.16. The number of thiophene rings is 1. The van der Waals surface area contributed by atoms with Gasteiger partial charge in [0.1, 0.15) is 0 Å². The Labute approximate surface area is 96.9 Å². The van der Waals surface area contributed by atoms with E-state index in [9.17, 15) is 0 Å². The van der Waals surface area contributed by atoms with Gasteiger partial charge in [-0.1, -0.05) is 11.6 Å². The van der Waals surface area contributed by atoms with Crippen molar-refractivity contribution in [1.29, 1.82) is 0 Å². The van der Waals surface area contributed by atoms with Crippen LogP contribution in [0.2, 0.25) is 5.02 Å². The van der Waals surface area contributed by atoms with Gasteiger partial charge in [0.25, 0.3) is 0 Å². The van der Waals surface area contributed by atoms with Gasteiger partial charge in [-0.2, -0.15) is 0 Å². The smallest absolute Gasteiger partial charge is 0.0850 e. The Morgan fingerprint density at radius 3 is 2.80 bits per heavy atom. The number of aryl methyl sites for hydroxylation is 1. The monoisotopic (exact) mass is 239 g/mol. The fourth-order valence-electron chi connectivity index (χ4n) is 1.27. The molecule has 2 N–H and O–H groups in total. The molecule has 3 nitrogen and oxygen atoms in total. The van der Waals surface area contributed by atoms with E-state index in [1.807, 2.05) is 12.3 Å². The molecular formula is C10H10ClN3S. The van der Waals surface area contributed by atoms with Crippen LogP contribution in [0.3, 0.4) is 0 Å². The number of hydrogen-bond donors (Lipinski definition) is 1. The molecule has 78 valence electrons. The van der Waals surface area contributed by atoms with Gasteiger partial charge in [-0.25, -0.2) is 0 Å². The van der Waals surface area contributed by atoms with E-state index in [0.29, 0.717) is 0 Å². The standard InChI is InChI=1S/C10H10ClN3S/c1-6-5-15-10(8(6)11)9(12)7-4-13-2-3-14-7/h2-5,9H,12H2,1H3. The average Bonchev–Trinajstić information content (AvgIpc) is 2.60. The summed E-state index contributed by atoms with van der Waals surface area (Å²) >= 11 is 7.69. The lowest BCUT2D eigenvalue weighted by Crippen LogP contribution is -2.12. The Balaban J connectivity index is 2.37. The molecule has 0 amide bonds. The SMILES string of the molecule is Cc1csc(C(N)c2cnccn2)c1Cl. The summed E-state index contributed by atoms with van der Waals surface area (Å²) in [5.41, 5.74) is 7.84. The maximum absolute atomic E-state index is 6.14. The van der Waals surface area contributed by atoms with Crippen molar-refractivity contribution in [3.63, 3.8) is 0 Å². The Kier molecular flexibility index (Phi) is 3.00. The second-order valence-electron chi connectivity index (χ2n) is 3.20. The summed E-state index contributed by atoms with van der Waals surface area (Å²) in [4.78, 5) is 9.09. The Bertz CT molecular complexity index is 455. The summed E-state index contributed by atoms with van der Waals surface area (Å²) in [5, 5.41) is 2.73. The van der Waals surface area contributed by atoms with E-state index in [-0.39, 0.29) is 6.04 Å². The molecule has 0 bridgehead atoms. The number of aromatic nitrogens is 2. The van der Waals surface area contributed by atoms with Crippen molar-refractivity contribution < 1.29 is 0 Å². The summed E-state index contributed by atoms with van der Waals surface area (Å²) in [6, 6.07) is -0.287. The molecule has 0 aliphatic carbocycles. The normalized spacial score (nSPS) is 12.7. The van der Waals surface area contributed by atoms with Crippen molar-refractivity contribution in [2.45, 2.75) is 13.0 Å². The second-order valence-corrected chi connectivity index (χ2v) is 4.49. The molecule has 0 saturated heterocycles. The van der Waals surface area contributed by atoms with Crippen LogP contribution >= 0.6 is 22.9 Å². The largest absolute Gasteiger partial charge is 0.318 e. The molecule has 0 aliphatic heterocycles. The zero-order valence-corrected chi connectivity index (χ0v) is 9.72. The van der Waals surface area contributed by atoms with Crippen molar-refractivity contribution in [2.24, 2.45) is 5.73 Å². The van der Waals surface area contributed by atoms with Crippen LogP contribution in [0.1, 0.15) is 22.2 Å². The zero-order chi connectivity index (χ0) is 10.8. The average molecular weight is 240 g/mol.